The molecule has 2 heterocycles. The number of nitrogens with zero attached hydrogens (tertiary/aromatic N) is 1. The van der Waals surface area contributed by atoms with Crippen LogP contribution in [0.3, 0.4) is 0 Å². The Hall–Kier alpha value is -3.90. The smallest absolute Gasteiger partial charge is 0.337 e. The molecule has 0 unspecified atom stereocenters. The van der Waals surface area contributed by atoms with Crippen LogP contribution in [-0.4, -0.2) is 37.0 Å². The lowest BCUT2D eigenvalue weighted by atomic mass is 9.96. The first-order chi connectivity index (χ1) is 17.0. The minimum absolute atomic E-state index is 0.190. The molecule has 0 saturated heterocycles. The van der Waals surface area contributed by atoms with Crippen LogP contribution in [0.2, 0.25) is 0 Å². The molecule has 1 aliphatic carbocycles. The topological polar surface area (TPSA) is 70.7 Å². The first kappa shape index (κ1) is 22.9. The van der Waals surface area contributed by atoms with Gasteiger partial charge in [-0.15, -0.1) is 0 Å². The molecule has 3 aliphatic rings. The summed E-state index contributed by atoms with van der Waals surface area (Å²) in [5, 5.41) is 6.23. The van der Waals surface area contributed by atoms with Crippen LogP contribution in [0.25, 0.3) is 5.57 Å². The lowest BCUT2D eigenvalue weighted by Gasteiger charge is -2.19. The van der Waals surface area contributed by atoms with Gasteiger partial charge in [0.2, 0.25) is 0 Å². The van der Waals surface area contributed by atoms with Crippen molar-refractivity contribution >= 4 is 28.8 Å². The highest BCUT2D eigenvalue weighted by molar-refractivity contribution is 6.32. The Balaban J connectivity index is 1.28. The largest absolute Gasteiger partial charge is 0.465 e. The highest BCUT2D eigenvalue weighted by Gasteiger charge is 2.27. The highest BCUT2D eigenvalue weighted by Crippen LogP contribution is 2.35. The Morgan fingerprint density at radius 3 is 2.77 bits per heavy atom. The summed E-state index contributed by atoms with van der Waals surface area (Å²) in [5.41, 5.74) is 8.13. The number of anilines is 2. The van der Waals surface area contributed by atoms with Gasteiger partial charge in [0, 0.05) is 42.3 Å². The van der Waals surface area contributed by atoms with Gasteiger partial charge in [0.1, 0.15) is 0 Å². The second-order valence-corrected chi connectivity index (χ2v) is 9.07. The molecule has 178 valence electrons. The molecule has 0 aromatic heterocycles. The van der Waals surface area contributed by atoms with E-state index in [1.165, 1.54) is 23.8 Å². The maximum atomic E-state index is 12.7. The maximum Gasteiger partial charge on any atom is 0.337 e. The van der Waals surface area contributed by atoms with Gasteiger partial charge in [0.05, 0.1) is 18.2 Å². The van der Waals surface area contributed by atoms with Gasteiger partial charge in [-0.1, -0.05) is 36.4 Å². The summed E-state index contributed by atoms with van der Waals surface area (Å²) in [6, 6.07) is 13.4. The molecule has 0 atom stereocenters. The minimum atomic E-state index is -0.430. The number of amides is 1. The molecular formula is C29H29N3O3. The van der Waals surface area contributed by atoms with Gasteiger partial charge in [-0.2, -0.15) is 0 Å². The van der Waals surface area contributed by atoms with E-state index in [4.69, 9.17) is 4.74 Å². The van der Waals surface area contributed by atoms with E-state index in [1.807, 2.05) is 19.1 Å². The number of methoxy groups -OCH3 is 1. The van der Waals surface area contributed by atoms with Crippen molar-refractivity contribution in [2.24, 2.45) is 0 Å². The molecule has 5 rings (SSSR count). The number of ether oxygens (including phenoxy) is 1. The standard InChI is InChI=1S/C29H29N3O3/c1-19(27-25-17-23(29(34)35-2)9-12-26(25)31-28(27)33)30-24-10-7-20(8-11-24)18-32-15-13-21-5-3-4-6-22(21)14-16-32/h3-5,7-12,14,17,30H,6,13,15-16,18H2,1-2H3,(H,31,33)/b27-19-. The summed E-state index contributed by atoms with van der Waals surface area (Å²) in [6.07, 6.45) is 11.1. The molecule has 2 N–H and O–H groups in total. The van der Waals surface area contributed by atoms with Gasteiger partial charge in [-0.25, -0.2) is 4.79 Å². The monoisotopic (exact) mass is 467 g/mol. The summed E-state index contributed by atoms with van der Waals surface area (Å²) in [6.45, 7) is 4.79. The average Bonchev–Trinajstić information content (AvgIpc) is 3.07. The number of fused-ring (bicyclic) bond motifs is 2. The Labute approximate surface area is 205 Å². The van der Waals surface area contributed by atoms with E-state index in [-0.39, 0.29) is 5.91 Å². The SMILES string of the molecule is COC(=O)c1ccc2c(c1)/C(=C(\C)Nc1ccc(CN3CC=C4CC=CC=C4CC3)cc1)C(=O)N2. The maximum absolute atomic E-state index is 12.7. The first-order valence-corrected chi connectivity index (χ1v) is 11.9. The normalized spacial score (nSPS) is 18.5. The van der Waals surface area contributed by atoms with E-state index in [0.29, 0.717) is 22.4 Å². The number of allylic oxidation sites excluding steroid dienone is 5. The van der Waals surface area contributed by atoms with E-state index >= 15 is 0 Å². The van der Waals surface area contributed by atoms with Crippen molar-refractivity contribution in [1.29, 1.82) is 0 Å². The van der Waals surface area contributed by atoms with E-state index in [9.17, 15) is 9.59 Å². The molecule has 2 aromatic carbocycles. The molecule has 0 radical (unpaired) electrons. The van der Waals surface area contributed by atoms with Gasteiger partial charge in [-0.3, -0.25) is 9.69 Å². The fourth-order valence-corrected chi connectivity index (χ4v) is 4.84. The number of rotatable bonds is 5. The van der Waals surface area contributed by atoms with Gasteiger partial charge in [0.25, 0.3) is 5.91 Å². The zero-order valence-electron chi connectivity index (χ0n) is 20.1. The zero-order valence-corrected chi connectivity index (χ0v) is 20.1. The average molecular weight is 468 g/mol. The van der Waals surface area contributed by atoms with Crippen molar-refractivity contribution in [3.8, 4) is 0 Å². The Kier molecular flexibility index (Phi) is 6.38. The molecular weight excluding hydrogens is 438 g/mol. The van der Waals surface area contributed by atoms with Gasteiger partial charge >= 0.3 is 5.97 Å². The molecule has 2 aromatic rings. The summed E-state index contributed by atoms with van der Waals surface area (Å²) in [4.78, 5) is 27.1. The molecule has 6 nitrogen and oxygen atoms in total. The van der Waals surface area contributed by atoms with E-state index in [2.05, 4.69) is 52.0 Å². The van der Waals surface area contributed by atoms with Crippen LogP contribution in [-0.2, 0) is 16.1 Å². The fourth-order valence-electron chi connectivity index (χ4n) is 4.84. The van der Waals surface area contributed by atoms with Gasteiger partial charge in [-0.05, 0) is 66.8 Å². The van der Waals surface area contributed by atoms with Crippen molar-refractivity contribution in [3.05, 3.63) is 100 Å². The van der Waals surface area contributed by atoms with Gasteiger partial charge < -0.3 is 15.4 Å². The molecule has 0 bridgehead atoms. The third-order valence-corrected chi connectivity index (χ3v) is 6.73. The molecule has 0 spiro atoms. The predicted octanol–water partition coefficient (Wildman–Crippen LogP) is 5.29. The third-order valence-electron chi connectivity index (χ3n) is 6.73. The zero-order chi connectivity index (χ0) is 24.4. The van der Waals surface area contributed by atoms with Crippen LogP contribution in [0, 0.1) is 0 Å². The van der Waals surface area contributed by atoms with Crippen molar-refractivity contribution in [2.75, 3.05) is 30.8 Å². The summed E-state index contributed by atoms with van der Waals surface area (Å²) in [5.74, 6) is -0.620. The number of hydrogen-bond acceptors (Lipinski definition) is 5. The van der Waals surface area contributed by atoms with Crippen LogP contribution in [0.1, 0.15) is 41.3 Å². The third kappa shape index (κ3) is 4.84. The number of hydrogen-bond donors (Lipinski definition) is 2. The van der Waals surface area contributed by atoms with Crippen LogP contribution in [0.15, 0.2) is 83.6 Å². The van der Waals surface area contributed by atoms with Crippen molar-refractivity contribution in [3.63, 3.8) is 0 Å². The fraction of sp³-hybridized carbons (Fsp3) is 0.241. The lowest BCUT2D eigenvalue weighted by molar-refractivity contribution is -0.110. The number of nitrogens with one attached hydrogen (secondary N) is 2. The number of carbonyl (C=O) groups is 2. The van der Waals surface area contributed by atoms with Crippen molar-refractivity contribution < 1.29 is 14.3 Å². The highest BCUT2D eigenvalue weighted by atomic mass is 16.5. The van der Waals surface area contributed by atoms with E-state index in [0.717, 1.165) is 43.9 Å². The van der Waals surface area contributed by atoms with Crippen molar-refractivity contribution in [2.45, 2.75) is 26.3 Å². The molecule has 6 heteroatoms. The molecule has 1 amide bonds. The summed E-state index contributed by atoms with van der Waals surface area (Å²) in [7, 11) is 1.34. The Morgan fingerprint density at radius 1 is 1.14 bits per heavy atom. The van der Waals surface area contributed by atoms with Gasteiger partial charge in [0.15, 0.2) is 0 Å². The second kappa shape index (κ2) is 9.76. The van der Waals surface area contributed by atoms with Crippen molar-refractivity contribution in [1.82, 2.24) is 4.90 Å². The second-order valence-electron chi connectivity index (χ2n) is 9.07. The van der Waals surface area contributed by atoms with Crippen LogP contribution >= 0.6 is 0 Å². The number of carbonyl (C=O) groups excluding carboxylic acids is 2. The van der Waals surface area contributed by atoms with E-state index < -0.39 is 5.97 Å². The molecule has 2 aliphatic heterocycles. The van der Waals surface area contributed by atoms with Crippen LogP contribution in [0.4, 0.5) is 11.4 Å². The molecule has 0 fully saturated rings. The Morgan fingerprint density at radius 2 is 1.97 bits per heavy atom. The molecule has 0 saturated carbocycles. The molecule has 35 heavy (non-hydrogen) atoms. The number of benzene rings is 2. The predicted molar refractivity (Wildman–Crippen MR) is 139 cm³/mol. The van der Waals surface area contributed by atoms with Crippen LogP contribution in [0.5, 0.6) is 0 Å². The summed E-state index contributed by atoms with van der Waals surface area (Å²) >= 11 is 0. The number of esters is 1. The minimum Gasteiger partial charge on any atom is -0.465 e. The van der Waals surface area contributed by atoms with E-state index in [1.54, 1.807) is 18.2 Å². The Bertz CT molecular complexity index is 1300. The van der Waals surface area contributed by atoms with Crippen LogP contribution < -0.4 is 10.6 Å². The lowest BCUT2D eigenvalue weighted by Crippen LogP contribution is -2.23. The summed E-state index contributed by atoms with van der Waals surface area (Å²) < 4.78 is 4.82. The quantitative estimate of drug-likeness (QED) is 0.462. The first-order valence-electron chi connectivity index (χ1n) is 11.9.